The molecule has 1 unspecified atom stereocenters. The standard InChI is InChI=1S/C10H19NO3/c1-9(2)11-6-10(3,7-14-11)4-5-13-8-12/h8-9H,4-7H2,1-3H3. The number of nitrogens with zero attached hydrogens (tertiary/aromatic N) is 1. The maximum atomic E-state index is 9.99. The van der Waals surface area contributed by atoms with Gasteiger partial charge in [-0.1, -0.05) is 6.92 Å². The highest BCUT2D eigenvalue weighted by Gasteiger charge is 2.35. The van der Waals surface area contributed by atoms with E-state index in [2.05, 4.69) is 20.8 Å². The Morgan fingerprint density at radius 1 is 1.64 bits per heavy atom. The first kappa shape index (κ1) is 11.5. The second-order valence-electron chi connectivity index (χ2n) is 4.47. The van der Waals surface area contributed by atoms with Crippen molar-refractivity contribution in [2.75, 3.05) is 19.8 Å². The van der Waals surface area contributed by atoms with Crippen molar-refractivity contribution in [1.29, 1.82) is 0 Å². The normalized spacial score (nSPS) is 28.3. The highest BCUT2D eigenvalue weighted by Crippen LogP contribution is 2.30. The lowest BCUT2D eigenvalue weighted by molar-refractivity contribution is -0.133. The molecule has 0 aromatic carbocycles. The summed E-state index contributed by atoms with van der Waals surface area (Å²) < 4.78 is 4.70. The predicted molar refractivity (Wildman–Crippen MR) is 52.5 cm³/mol. The van der Waals surface area contributed by atoms with Gasteiger partial charge in [0.1, 0.15) is 0 Å². The fraction of sp³-hybridized carbons (Fsp3) is 0.900. The Balaban J connectivity index is 2.33. The Kier molecular flexibility index (Phi) is 3.89. The molecule has 1 atom stereocenters. The summed E-state index contributed by atoms with van der Waals surface area (Å²) in [4.78, 5) is 15.5. The molecule has 0 amide bonds. The number of carbonyl (C=O) groups is 1. The molecule has 0 spiro atoms. The fourth-order valence-corrected chi connectivity index (χ4v) is 1.54. The van der Waals surface area contributed by atoms with Crippen molar-refractivity contribution >= 4 is 6.47 Å². The molecule has 4 heteroatoms. The minimum absolute atomic E-state index is 0.118. The number of rotatable bonds is 5. The van der Waals surface area contributed by atoms with Crippen molar-refractivity contribution in [2.45, 2.75) is 33.2 Å². The van der Waals surface area contributed by atoms with Crippen molar-refractivity contribution in [1.82, 2.24) is 5.06 Å². The predicted octanol–water partition coefficient (Wildman–Crippen LogP) is 1.21. The van der Waals surface area contributed by atoms with Gasteiger partial charge in [-0.3, -0.25) is 9.63 Å². The molecule has 0 aliphatic carbocycles. The van der Waals surface area contributed by atoms with Crippen LogP contribution in [-0.2, 0) is 14.4 Å². The van der Waals surface area contributed by atoms with Gasteiger partial charge in [0.2, 0.25) is 0 Å². The van der Waals surface area contributed by atoms with E-state index in [9.17, 15) is 4.79 Å². The lowest BCUT2D eigenvalue weighted by atomic mass is 9.89. The Bertz CT molecular complexity index is 196. The topological polar surface area (TPSA) is 38.8 Å². The van der Waals surface area contributed by atoms with Crippen molar-refractivity contribution in [3.8, 4) is 0 Å². The van der Waals surface area contributed by atoms with Gasteiger partial charge in [0, 0.05) is 18.0 Å². The van der Waals surface area contributed by atoms with Crippen LogP contribution in [0.4, 0.5) is 0 Å². The van der Waals surface area contributed by atoms with E-state index in [4.69, 9.17) is 9.57 Å². The second kappa shape index (κ2) is 4.75. The molecule has 14 heavy (non-hydrogen) atoms. The van der Waals surface area contributed by atoms with Gasteiger partial charge >= 0.3 is 0 Å². The molecular weight excluding hydrogens is 182 g/mol. The van der Waals surface area contributed by atoms with Gasteiger partial charge in [0.05, 0.1) is 13.2 Å². The smallest absolute Gasteiger partial charge is 0.293 e. The molecule has 82 valence electrons. The number of hydrogen-bond acceptors (Lipinski definition) is 4. The van der Waals surface area contributed by atoms with E-state index in [0.29, 0.717) is 25.7 Å². The molecule has 1 rings (SSSR count). The summed E-state index contributed by atoms with van der Waals surface area (Å²) in [5.41, 5.74) is 0.118. The zero-order valence-corrected chi connectivity index (χ0v) is 9.16. The van der Waals surface area contributed by atoms with Gasteiger partial charge < -0.3 is 4.74 Å². The van der Waals surface area contributed by atoms with E-state index in [1.54, 1.807) is 0 Å². The molecule has 0 aromatic heterocycles. The first-order valence-electron chi connectivity index (χ1n) is 5.02. The third kappa shape index (κ3) is 2.96. The van der Waals surface area contributed by atoms with Crippen LogP contribution in [0.25, 0.3) is 0 Å². The van der Waals surface area contributed by atoms with E-state index < -0.39 is 0 Å². The Morgan fingerprint density at radius 3 is 2.86 bits per heavy atom. The van der Waals surface area contributed by atoms with Crippen molar-refractivity contribution in [2.24, 2.45) is 5.41 Å². The van der Waals surface area contributed by atoms with Crippen LogP contribution in [-0.4, -0.2) is 37.3 Å². The van der Waals surface area contributed by atoms with Crippen LogP contribution in [0, 0.1) is 5.41 Å². The molecule has 0 aromatic rings. The van der Waals surface area contributed by atoms with Crippen LogP contribution in [0.2, 0.25) is 0 Å². The molecule has 0 saturated carbocycles. The molecule has 0 N–H and O–H groups in total. The number of hydrogen-bond donors (Lipinski definition) is 0. The Morgan fingerprint density at radius 2 is 2.36 bits per heavy atom. The van der Waals surface area contributed by atoms with Gasteiger partial charge in [0.25, 0.3) is 6.47 Å². The van der Waals surface area contributed by atoms with E-state index in [1.165, 1.54) is 0 Å². The first-order chi connectivity index (χ1) is 6.57. The van der Waals surface area contributed by atoms with Crippen molar-refractivity contribution in [3.63, 3.8) is 0 Å². The molecule has 0 bridgehead atoms. The van der Waals surface area contributed by atoms with E-state index in [-0.39, 0.29) is 5.41 Å². The summed E-state index contributed by atoms with van der Waals surface area (Å²) in [5.74, 6) is 0. The minimum atomic E-state index is 0.118. The molecule has 4 nitrogen and oxygen atoms in total. The van der Waals surface area contributed by atoms with Gasteiger partial charge in [-0.2, -0.15) is 5.06 Å². The summed E-state index contributed by atoms with van der Waals surface area (Å²) in [6.45, 7) is 8.97. The van der Waals surface area contributed by atoms with Crippen LogP contribution >= 0.6 is 0 Å². The van der Waals surface area contributed by atoms with Gasteiger partial charge in [0.15, 0.2) is 0 Å². The number of carbonyl (C=O) groups excluding carboxylic acids is 1. The zero-order chi connectivity index (χ0) is 10.6. The minimum Gasteiger partial charge on any atom is -0.468 e. The van der Waals surface area contributed by atoms with E-state index in [1.807, 2.05) is 5.06 Å². The third-order valence-corrected chi connectivity index (χ3v) is 2.58. The SMILES string of the molecule is CC(C)N1CC(C)(CCOC=O)CO1. The number of hydroxylamine groups is 2. The summed E-state index contributed by atoms with van der Waals surface area (Å²) in [5, 5.41) is 1.99. The maximum Gasteiger partial charge on any atom is 0.293 e. The highest BCUT2D eigenvalue weighted by atomic mass is 16.7. The second-order valence-corrected chi connectivity index (χ2v) is 4.47. The fourth-order valence-electron chi connectivity index (χ4n) is 1.54. The van der Waals surface area contributed by atoms with Gasteiger partial charge in [-0.15, -0.1) is 0 Å². The quantitative estimate of drug-likeness (QED) is 0.495. The molecule has 0 radical (unpaired) electrons. The summed E-state index contributed by atoms with van der Waals surface area (Å²) in [6, 6.07) is 0.406. The average Bonchev–Trinajstić information content (AvgIpc) is 2.49. The lowest BCUT2D eigenvalue weighted by Crippen LogP contribution is -2.30. The third-order valence-electron chi connectivity index (χ3n) is 2.58. The summed E-state index contributed by atoms with van der Waals surface area (Å²) in [6.07, 6.45) is 0.856. The zero-order valence-electron chi connectivity index (χ0n) is 9.16. The van der Waals surface area contributed by atoms with Crippen LogP contribution in [0.3, 0.4) is 0 Å². The lowest BCUT2D eigenvalue weighted by Gasteiger charge is -2.22. The van der Waals surface area contributed by atoms with Crippen molar-refractivity contribution in [3.05, 3.63) is 0 Å². The molecule has 1 aliphatic heterocycles. The number of ether oxygens (including phenoxy) is 1. The summed E-state index contributed by atoms with van der Waals surface area (Å²) >= 11 is 0. The molecule has 1 saturated heterocycles. The molecule has 1 aliphatic rings. The van der Waals surface area contributed by atoms with Gasteiger partial charge in [-0.05, 0) is 20.3 Å². The summed E-state index contributed by atoms with van der Waals surface area (Å²) in [7, 11) is 0. The molecule has 1 fully saturated rings. The average molecular weight is 201 g/mol. The Labute approximate surface area is 85.1 Å². The van der Waals surface area contributed by atoms with Crippen LogP contribution in [0.5, 0.6) is 0 Å². The van der Waals surface area contributed by atoms with E-state index in [0.717, 1.165) is 13.0 Å². The molecular formula is C10H19NO3. The largest absolute Gasteiger partial charge is 0.468 e. The van der Waals surface area contributed by atoms with Crippen LogP contribution in [0.1, 0.15) is 27.2 Å². The molecule has 1 heterocycles. The van der Waals surface area contributed by atoms with Crippen molar-refractivity contribution < 1.29 is 14.4 Å². The first-order valence-corrected chi connectivity index (χ1v) is 5.02. The Hall–Kier alpha value is -0.610. The maximum absolute atomic E-state index is 9.99. The monoisotopic (exact) mass is 201 g/mol. The van der Waals surface area contributed by atoms with Gasteiger partial charge in [-0.25, -0.2) is 0 Å². The van der Waals surface area contributed by atoms with E-state index >= 15 is 0 Å². The van der Waals surface area contributed by atoms with Crippen LogP contribution in [0.15, 0.2) is 0 Å². The highest BCUT2D eigenvalue weighted by molar-refractivity contribution is 5.36. The van der Waals surface area contributed by atoms with Crippen LogP contribution < -0.4 is 0 Å².